The number of benzene rings is 2. The van der Waals surface area contributed by atoms with E-state index < -0.39 is 233 Å². The average molecular weight is 1430 g/mol. The van der Waals surface area contributed by atoms with E-state index in [-0.39, 0.29) is 68.7 Å². The molecule has 0 spiro atoms. The highest BCUT2D eigenvalue weighted by Gasteiger charge is 2.44. The zero-order chi connectivity index (χ0) is 74.9. The third-order valence-electron chi connectivity index (χ3n) is 17.0. The van der Waals surface area contributed by atoms with Crippen LogP contribution in [0.5, 0.6) is 11.5 Å². The maximum absolute atomic E-state index is 14.8. The lowest BCUT2D eigenvalue weighted by Crippen LogP contribution is -2.61. The molecule has 4 rings (SSSR count). The van der Waals surface area contributed by atoms with Gasteiger partial charge in [0.05, 0.1) is 6.04 Å². The van der Waals surface area contributed by atoms with Crippen molar-refractivity contribution in [1.29, 1.82) is 0 Å². The van der Waals surface area contributed by atoms with E-state index >= 15 is 0 Å². The van der Waals surface area contributed by atoms with E-state index in [2.05, 4.69) is 47.1 Å². The number of carbonyl (C=O) groups excluding carboxylic acids is 11. The minimum absolute atomic E-state index is 0.0218. The minimum atomic E-state index is -5.10. The summed E-state index contributed by atoms with van der Waals surface area (Å²) in [6.07, 6.45) is -4.91. The number of carbonyl (C=O) groups is 15. The molecule has 0 aromatic heterocycles. The van der Waals surface area contributed by atoms with Crippen LogP contribution in [0.3, 0.4) is 0 Å². The minimum Gasteiger partial charge on any atom is -0.508 e. The molecule has 0 aliphatic carbocycles. The molecule has 0 radical (unpaired) electrons. The first-order chi connectivity index (χ1) is 46.9. The van der Waals surface area contributed by atoms with E-state index in [1.165, 1.54) is 48.2 Å². The fourth-order valence-electron chi connectivity index (χ4n) is 11.0. The molecule has 19 N–H and O–H groups in total. The number of nitrogens with two attached hydrogens (primary N) is 2. The third-order valence-corrected chi connectivity index (χ3v) is 17.5. The Morgan fingerprint density at radius 1 is 0.500 bits per heavy atom. The summed E-state index contributed by atoms with van der Waals surface area (Å²) < 4.78 is 16.2. The lowest BCUT2D eigenvalue weighted by Gasteiger charge is -2.33. The normalized spacial score (nSPS) is 17.6. The van der Waals surface area contributed by atoms with Crippen molar-refractivity contribution in [2.24, 2.45) is 23.3 Å². The lowest BCUT2D eigenvalue weighted by atomic mass is 9.95. The van der Waals surface area contributed by atoms with Crippen molar-refractivity contribution in [2.75, 3.05) is 13.1 Å². The summed E-state index contributed by atoms with van der Waals surface area (Å²) in [4.78, 5) is 223. The molecule has 37 heteroatoms. The van der Waals surface area contributed by atoms with Crippen LogP contribution in [0.2, 0.25) is 0 Å². The number of phosphoric acid groups is 1. The molecule has 552 valence electrons. The number of hydrogen-bond donors (Lipinski definition) is 17. The van der Waals surface area contributed by atoms with Crippen molar-refractivity contribution >= 4 is 96.7 Å². The first kappa shape index (κ1) is 82.6. The number of amides is 11. The SMILES string of the molecule is CC[C@H](C)[C@H](NC(=O)[C@@H]1CCCN1C(=O)[C@@H](NC(=O)[C@H](CCC(=O)O)NC(=O)[C@H](CCC(=O)O)NC(=O)[C@H](Cc1ccc(OP(=O)(O)O)cc1)NC(=O)[C@H](CCC(N)=O)NC(=O)[C@@H]1CCCN1C(=O)[C@H](CCC(=O)O)NC(=O)[C@H](C)N)[C@@H](C)CC)C(=O)N[C@@H](Cc1ccc(O)cc1)C(=O)O. The maximum atomic E-state index is 14.8. The maximum Gasteiger partial charge on any atom is 0.524 e. The standard InChI is InChI=1S/C63H91N12O24P/c1-6-32(3)51(60(91)71-44(63(94)95)31-35-12-16-37(76)17-13-35)72-59(90)46-11-9-29-75(46)62(93)52(33(4)7-2)73-56(87)41(22-26-49(80)81)66-54(85)40(21-25-48(78)79)67-57(88)43(30-36-14-18-38(19-15-36)99-100(96,97)98)70-55(86)39(20-24-47(65)77)68-58(89)45-10-8-28-74(45)61(92)42(23-27-50(82)83)69-53(84)34(5)64/h12-19,32-34,39-46,51-52,76H,6-11,20-31,64H2,1-5H3,(H2,65,77)(H,66,85)(H,67,88)(H,68,89)(H,69,84)(H,70,86)(H,71,91)(H,72,90)(H,73,87)(H,78,79)(H,80,81)(H,82,83)(H,94,95)(H2,96,97,98)/t32-,33-,34-,39-,40-,41-,42-,43-,44-,45-,46-,51-,52-/m0/s1. The topological polar surface area (TPSA) is 579 Å². The van der Waals surface area contributed by atoms with Crippen molar-refractivity contribution in [2.45, 2.75) is 204 Å². The number of primary amides is 1. The van der Waals surface area contributed by atoms with Crippen molar-refractivity contribution in [3.05, 3.63) is 59.7 Å². The van der Waals surface area contributed by atoms with Gasteiger partial charge >= 0.3 is 31.7 Å². The van der Waals surface area contributed by atoms with Crippen molar-refractivity contribution in [1.82, 2.24) is 52.3 Å². The van der Waals surface area contributed by atoms with Gasteiger partial charge in [0.25, 0.3) is 0 Å². The quantitative estimate of drug-likeness (QED) is 0.0317. The molecule has 2 aromatic rings. The van der Waals surface area contributed by atoms with Gasteiger partial charge in [-0.3, -0.25) is 76.9 Å². The van der Waals surface area contributed by atoms with Gasteiger partial charge in [0, 0.05) is 51.6 Å². The molecule has 0 unspecified atom stereocenters. The largest absolute Gasteiger partial charge is 0.524 e. The van der Waals surface area contributed by atoms with Crippen molar-refractivity contribution < 1.29 is 116 Å². The molecule has 100 heavy (non-hydrogen) atoms. The number of carboxylic acid groups (broad SMARTS) is 4. The lowest BCUT2D eigenvalue weighted by molar-refractivity contribution is -0.144. The van der Waals surface area contributed by atoms with E-state index in [1.807, 2.05) is 0 Å². The van der Waals surface area contributed by atoms with Crippen LogP contribution in [-0.4, -0.2) is 214 Å². The van der Waals surface area contributed by atoms with Gasteiger partial charge in [-0.05, 0) is 106 Å². The fourth-order valence-corrected chi connectivity index (χ4v) is 11.4. The van der Waals surface area contributed by atoms with Crippen LogP contribution in [0.15, 0.2) is 48.5 Å². The van der Waals surface area contributed by atoms with E-state index in [9.17, 15) is 112 Å². The monoisotopic (exact) mass is 1430 g/mol. The number of rotatable bonds is 41. The molecule has 2 fully saturated rings. The molecule has 2 heterocycles. The number of aliphatic carboxylic acids is 4. The molecule has 2 saturated heterocycles. The Morgan fingerprint density at radius 2 is 0.890 bits per heavy atom. The second-order valence-corrected chi connectivity index (χ2v) is 25.9. The third kappa shape index (κ3) is 26.5. The number of phosphoric ester groups is 1. The Balaban J connectivity index is 1.66. The number of phenolic OH excluding ortho intramolecular Hbond substituents is 1. The first-order valence-electron chi connectivity index (χ1n) is 32.5. The van der Waals surface area contributed by atoms with Gasteiger partial charge < -0.3 is 93.9 Å². The Labute approximate surface area is 574 Å². The summed E-state index contributed by atoms with van der Waals surface area (Å²) >= 11 is 0. The van der Waals surface area contributed by atoms with Crippen molar-refractivity contribution in [3.63, 3.8) is 0 Å². The van der Waals surface area contributed by atoms with E-state index in [4.69, 9.17) is 11.5 Å². The number of aromatic hydroxyl groups is 1. The zero-order valence-corrected chi connectivity index (χ0v) is 56.8. The molecular formula is C63H91N12O24P. The summed E-state index contributed by atoms with van der Waals surface area (Å²) in [6.45, 7) is 7.83. The zero-order valence-electron chi connectivity index (χ0n) is 55.9. The molecule has 2 aliphatic rings. The fraction of sp³-hybridized carbons (Fsp3) is 0.571. The second-order valence-electron chi connectivity index (χ2n) is 24.7. The van der Waals surface area contributed by atoms with E-state index in [0.29, 0.717) is 12.0 Å². The summed E-state index contributed by atoms with van der Waals surface area (Å²) in [5, 5.41) is 68.5. The summed E-state index contributed by atoms with van der Waals surface area (Å²) in [6, 6.07) is -6.70. The highest BCUT2D eigenvalue weighted by Crippen LogP contribution is 2.37. The molecule has 36 nitrogen and oxygen atoms in total. The summed E-state index contributed by atoms with van der Waals surface area (Å²) in [7, 11) is -5.10. The Hall–Kier alpha value is -9.80. The predicted octanol–water partition coefficient (Wildman–Crippen LogP) is -2.11. The smallest absolute Gasteiger partial charge is 0.508 e. The first-order valence-corrected chi connectivity index (χ1v) is 34.0. The van der Waals surface area contributed by atoms with Crippen LogP contribution in [-0.2, 0) is 89.3 Å². The van der Waals surface area contributed by atoms with Gasteiger partial charge in [-0.15, -0.1) is 0 Å². The number of likely N-dealkylation sites (tertiary alicyclic amines) is 2. The molecule has 2 aromatic carbocycles. The molecular weight excluding hydrogens is 1340 g/mol. The number of hydrogen-bond acceptors (Lipinski definition) is 19. The number of nitrogens with zero attached hydrogens (tertiary/aromatic N) is 2. The molecule has 11 amide bonds. The molecule has 2 aliphatic heterocycles. The van der Waals surface area contributed by atoms with Gasteiger partial charge in [0.15, 0.2) is 0 Å². The van der Waals surface area contributed by atoms with E-state index in [1.54, 1.807) is 27.7 Å². The van der Waals surface area contributed by atoms with Gasteiger partial charge in [0.1, 0.15) is 71.9 Å². The van der Waals surface area contributed by atoms with Crippen molar-refractivity contribution in [3.8, 4) is 11.5 Å². The summed E-state index contributed by atoms with van der Waals surface area (Å²) in [5.74, 6) is -18.4. The van der Waals surface area contributed by atoms with Crippen LogP contribution in [0.1, 0.15) is 136 Å². The van der Waals surface area contributed by atoms with Crippen LogP contribution in [0.4, 0.5) is 0 Å². The van der Waals surface area contributed by atoms with Crippen LogP contribution >= 0.6 is 7.82 Å². The Bertz CT molecular complexity index is 3330. The van der Waals surface area contributed by atoms with E-state index in [0.717, 1.165) is 17.0 Å². The number of carboxylic acids is 4. The van der Waals surface area contributed by atoms with Gasteiger partial charge in [-0.25, -0.2) is 9.36 Å². The highest BCUT2D eigenvalue weighted by molar-refractivity contribution is 7.46. The Morgan fingerprint density at radius 3 is 1.35 bits per heavy atom. The van der Waals surface area contributed by atoms with Crippen LogP contribution in [0, 0.1) is 11.8 Å². The van der Waals surface area contributed by atoms with Gasteiger partial charge in [-0.1, -0.05) is 64.8 Å². The van der Waals surface area contributed by atoms with Gasteiger partial charge in [0.2, 0.25) is 65.0 Å². The predicted molar refractivity (Wildman–Crippen MR) is 349 cm³/mol. The summed E-state index contributed by atoms with van der Waals surface area (Å²) in [5.41, 5.74) is 11.7. The Kier molecular flexibility index (Phi) is 32.3. The highest BCUT2D eigenvalue weighted by atomic mass is 31.2. The van der Waals surface area contributed by atoms with Crippen LogP contribution in [0.25, 0.3) is 0 Å². The van der Waals surface area contributed by atoms with Gasteiger partial charge in [-0.2, -0.15) is 0 Å². The number of nitrogens with one attached hydrogen (secondary N) is 8. The van der Waals surface area contributed by atoms with Crippen LogP contribution < -0.4 is 58.5 Å². The number of phenols is 1. The second kappa shape index (κ2) is 39.1. The molecule has 0 saturated carbocycles. The molecule has 0 bridgehead atoms. The molecule has 13 atom stereocenters. The average Bonchev–Trinajstić information content (AvgIpc) is 1.49.